The second kappa shape index (κ2) is 16.3. The molecular weight excluding hydrogens is 692 g/mol. The van der Waals surface area contributed by atoms with Crippen LogP contribution in [0.25, 0.3) is 0 Å². The molecule has 0 aliphatic heterocycles. The molecule has 0 aliphatic carbocycles. The lowest BCUT2D eigenvalue weighted by Gasteiger charge is -2.17. The zero-order chi connectivity index (χ0) is 32.3. The topological polar surface area (TPSA) is 204 Å². The molecule has 0 atom stereocenters. The molecule has 0 bridgehead atoms. The highest BCUT2D eigenvalue weighted by molar-refractivity contribution is 9.10. The summed E-state index contributed by atoms with van der Waals surface area (Å²) in [5, 5.41) is 25.1. The quantitative estimate of drug-likeness (QED) is 0.135. The van der Waals surface area contributed by atoms with Gasteiger partial charge in [0.25, 0.3) is 0 Å². The van der Waals surface area contributed by atoms with Gasteiger partial charge in [0.2, 0.25) is 11.8 Å². The summed E-state index contributed by atoms with van der Waals surface area (Å²) in [6.07, 6.45) is 0. The number of ether oxygens (including phenoxy) is 4. The number of hydrogen-bond donors (Lipinski definition) is 4. The third kappa shape index (κ3) is 9.44. The van der Waals surface area contributed by atoms with Crippen molar-refractivity contribution >= 4 is 78.9 Å². The summed E-state index contributed by atoms with van der Waals surface area (Å²) in [5.74, 6) is -8.09. The molecule has 2 rings (SSSR count). The molecule has 0 unspecified atom stereocenters. The van der Waals surface area contributed by atoms with Gasteiger partial charge in [-0.15, -0.1) is 0 Å². The van der Waals surface area contributed by atoms with E-state index >= 15 is 0 Å². The van der Waals surface area contributed by atoms with E-state index in [1.54, 1.807) is 0 Å². The lowest BCUT2D eigenvalue weighted by molar-refractivity contribution is -0.156. The van der Waals surface area contributed by atoms with Gasteiger partial charge in [-0.2, -0.15) is 0 Å². The van der Waals surface area contributed by atoms with E-state index in [9.17, 15) is 39.0 Å². The van der Waals surface area contributed by atoms with Gasteiger partial charge >= 0.3 is 23.9 Å². The van der Waals surface area contributed by atoms with Crippen molar-refractivity contribution in [2.24, 2.45) is 0 Å². The lowest BCUT2D eigenvalue weighted by atomic mass is 9.97. The van der Waals surface area contributed by atoms with E-state index in [4.69, 9.17) is 0 Å². The summed E-state index contributed by atoms with van der Waals surface area (Å²) in [5.41, 5.74) is 0.0491. The minimum Gasteiger partial charge on any atom is -0.505 e. The summed E-state index contributed by atoms with van der Waals surface area (Å²) in [6.45, 7) is 2.52. The molecule has 0 spiro atoms. The van der Waals surface area contributed by atoms with Gasteiger partial charge in [0.05, 0.1) is 39.8 Å². The first-order valence-corrected chi connectivity index (χ1v) is 13.1. The average molecular weight is 720 g/mol. The molecule has 0 heterocycles. The Balaban J connectivity index is 0.000000420. The summed E-state index contributed by atoms with van der Waals surface area (Å²) in [6, 6.07) is 5.62. The highest BCUT2D eigenvalue weighted by Gasteiger charge is 2.35. The van der Waals surface area contributed by atoms with Crippen LogP contribution >= 0.6 is 31.9 Å². The Kier molecular flexibility index (Phi) is 13.9. The average Bonchev–Trinajstić information content (AvgIpc) is 2.92. The Morgan fingerprint density at radius 2 is 0.857 bits per heavy atom. The second-order valence-electron chi connectivity index (χ2n) is 8.10. The van der Waals surface area contributed by atoms with Crippen molar-refractivity contribution < 1.29 is 57.9 Å². The number of nitrogens with one attached hydrogen (secondary N) is 2. The van der Waals surface area contributed by atoms with Gasteiger partial charge in [-0.3, -0.25) is 28.8 Å². The first-order valence-electron chi connectivity index (χ1n) is 11.5. The number of phenolic OH excluding ortho intramolecular Hbond substituents is 2. The Morgan fingerprint density at radius 3 is 1.07 bits per heavy atom. The van der Waals surface area contributed by atoms with Crippen molar-refractivity contribution in [1.82, 2.24) is 0 Å². The summed E-state index contributed by atoms with van der Waals surface area (Å²) >= 11 is 6.36. The van der Waals surface area contributed by atoms with Crippen LogP contribution in [0.2, 0.25) is 0 Å². The van der Waals surface area contributed by atoms with E-state index in [1.807, 2.05) is 0 Å². The number of methoxy groups -OCH3 is 4. The molecule has 16 heteroatoms. The maximum absolute atomic E-state index is 11.8. The van der Waals surface area contributed by atoms with Crippen molar-refractivity contribution in [3.63, 3.8) is 0 Å². The number of anilines is 2. The highest BCUT2D eigenvalue weighted by Crippen LogP contribution is 2.38. The molecule has 4 N–H and O–H groups in total. The van der Waals surface area contributed by atoms with E-state index in [-0.39, 0.29) is 22.5 Å². The maximum atomic E-state index is 11.8. The number of carbonyl (C=O) groups is 6. The van der Waals surface area contributed by atoms with Gasteiger partial charge in [0, 0.05) is 33.9 Å². The number of benzene rings is 2. The zero-order valence-electron chi connectivity index (χ0n) is 23.2. The molecule has 0 aliphatic rings. The minimum absolute atomic E-state index is 0.0353. The molecule has 0 saturated heterocycles. The predicted molar refractivity (Wildman–Crippen MR) is 154 cm³/mol. The van der Waals surface area contributed by atoms with Crippen molar-refractivity contribution in [3.05, 3.63) is 44.3 Å². The van der Waals surface area contributed by atoms with Crippen molar-refractivity contribution in [2.75, 3.05) is 39.1 Å². The number of amides is 2. The molecule has 2 aromatic carbocycles. The van der Waals surface area contributed by atoms with Gasteiger partial charge in [-0.1, -0.05) is 31.9 Å². The molecule has 2 amide bonds. The summed E-state index contributed by atoms with van der Waals surface area (Å²) in [4.78, 5) is 69.3. The standard InChI is InChI=1S/2C13H14BrNO6/c2*1-6(16)15-9-5-7(14)4-8(11(9)17)10(12(18)20-2)13(19)21-3/h2*4-5,10,17H,1-3H3,(H,15,16). The molecule has 0 saturated carbocycles. The SMILES string of the molecule is COC(=O)C(C(=O)OC)c1cc(Br)cc(NC(C)=O)c1O.COC(=O)C(C(=O)OC)c1cc(Br)cc(NC(C)=O)c1O. The van der Waals surface area contributed by atoms with Crippen molar-refractivity contribution in [1.29, 1.82) is 0 Å². The van der Waals surface area contributed by atoms with Gasteiger partial charge in [0.1, 0.15) is 11.5 Å². The number of rotatable bonds is 8. The zero-order valence-corrected chi connectivity index (χ0v) is 26.4. The van der Waals surface area contributed by atoms with Crippen LogP contribution in [0.15, 0.2) is 33.2 Å². The van der Waals surface area contributed by atoms with Crippen molar-refractivity contribution in [2.45, 2.75) is 25.7 Å². The Labute approximate surface area is 256 Å². The van der Waals surface area contributed by atoms with E-state index in [1.165, 1.54) is 38.1 Å². The second-order valence-corrected chi connectivity index (χ2v) is 9.93. The molecule has 42 heavy (non-hydrogen) atoms. The fraction of sp³-hybridized carbons (Fsp3) is 0.308. The van der Waals surface area contributed by atoms with Crippen LogP contribution in [0.4, 0.5) is 11.4 Å². The van der Waals surface area contributed by atoms with Crippen LogP contribution in [0.3, 0.4) is 0 Å². The van der Waals surface area contributed by atoms with E-state index in [2.05, 4.69) is 61.4 Å². The van der Waals surface area contributed by atoms with Gasteiger partial charge in [-0.25, -0.2) is 0 Å². The van der Waals surface area contributed by atoms with E-state index < -0.39 is 59.0 Å². The Morgan fingerprint density at radius 1 is 0.595 bits per heavy atom. The van der Waals surface area contributed by atoms with E-state index in [0.717, 1.165) is 28.4 Å². The number of hydrogen-bond acceptors (Lipinski definition) is 12. The predicted octanol–water partition coefficient (Wildman–Crippen LogP) is 3.09. The number of halogens is 2. The van der Waals surface area contributed by atoms with Crippen LogP contribution in [0, 0.1) is 0 Å². The number of phenols is 2. The van der Waals surface area contributed by atoms with Crippen LogP contribution in [0.1, 0.15) is 36.8 Å². The van der Waals surface area contributed by atoms with Crippen LogP contribution in [-0.4, -0.2) is 74.3 Å². The molecule has 0 fully saturated rings. The molecule has 228 valence electrons. The molecule has 0 aromatic heterocycles. The fourth-order valence-corrected chi connectivity index (χ4v) is 4.37. The maximum Gasteiger partial charge on any atom is 0.324 e. The third-order valence-corrected chi connectivity index (χ3v) is 6.11. The monoisotopic (exact) mass is 718 g/mol. The number of esters is 4. The lowest BCUT2D eigenvalue weighted by Crippen LogP contribution is -2.24. The Bertz CT molecular complexity index is 1240. The van der Waals surface area contributed by atoms with Gasteiger partial charge < -0.3 is 39.8 Å². The fourth-order valence-electron chi connectivity index (χ4n) is 3.42. The third-order valence-electron chi connectivity index (χ3n) is 5.20. The molecular formula is C26H28Br2N2O12. The first-order chi connectivity index (χ1) is 19.6. The largest absolute Gasteiger partial charge is 0.505 e. The van der Waals surface area contributed by atoms with Gasteiger partial charge in [-0.05, 0) is 24.3 Å². The molecule has 0 radical (unpaired) electrons. The minimum atomic E-state index is -1.45. The van der Waals surface area contributed by atoms with Gasteiger partial charge in [0.15, 0.2) is 11.8 Å². The molecule has 14 nitrogen and oxygen atoms in total. The molecule has 2 aromatic rings. The van der Waals surface area contributed by atoms with E-state index in [0.29, 0.717) is 8.95 Å². The first kappa shape index (κ1) is 35.8. The van der Waals surface area contributed by atoms with Crippen LogP contribution < -0.4 is 10.6 Å². The Hall–Kier alpha value is -4.18. The smallest absolute Gasteiger partial charge is 0.324 e. The van der Waals surface area contributed by atoms with Crippen LogP contribution in [0.5, 0.6) is 11.5 Å². The van der Waals surface area contributed by atoms with Crippen molar-refractivity contribution in [3.8, 4) is 11.5 Å². The normalized spacial score (nSPS) is 10.1. The summed E-state index contributed by atoms with van der Waals surface area (Å²) < 4.78 is 19.1. The highest BCUT2D eigenvalue weighted by atomic mass is 79.9. The van der Waals surface area contributed by atoms with Crippen LogP contribution in [-0.2, 0) is 47.7 Å². The number of aromatic hydroxyl groups is 2. The number of carbonyl (C=O) groups excluding carboxylic acids is 6. The summed E-state index contributed by atoms with van der Waals surface area (Å²) in [7, 11) is 4.45.